The Balaban J connectivity index is 3.02. The Labute approximate surface area is 150 Å². The molecule has 0 spiro atoms. The van der Waals surface area contributed by atoms with Crippen molar-refractivity contribution in [2.24, 2.45) is 5.92 Å². The molecule has 0 radical (unpaired) electrons. The van der Waals surface area contributed by atoms with E-state index in [1.54, 1.807) is 0 Å². The van der Waals surface area contributed by atoms with Gasteiger partial charge in [0.25, 0.3) is 0 Å². The fraction of sp³-hybridized carbons (Fsp3) is 0.591. The molecular formula is C22H34OSi. The molecule has 0 aliphatic rings. The molecule has 24 heavy (non-hydrogen) atoms. The third-order valence-electron chi connectivity index (χ3n) is 5.38. The average Bonchev–Trinajstić information content (AvgIpc) is 2.53. The molecule has 1 rings (SSSR count). The summed E-state index contributed by atoms with van der Waals surface area (Å²) >= 11 is 0. The Morgan fingerprint density at radius 2 is 1.46 bits per heavy atom. The van der Waals surface area contributed by atoms with Crippen LogP contribution in [0.5, 0.6) is 0 Å². The Bertz CT molecular complexity index is 553. The molecule has 0 N–H and O–H groups in total. The third-order valence-corrected chi connectivity index (χ3v) is 11.7. The minimum atomic E-state index is -1.71. The van der Waals surface area contributed by atoms with Gasteiger partial charge in [-0.1, -0.05) is 78.8 Å². The highest BCUT2D eigenvalue weighted by Gasteiger charge is 2.41. The van der Waals surface area contributed by atoms with Crippen LogP contribution in [0.4, 0.5) is 0 Å². The maximum atomic E-state index is 12.5. The Hall–Kier alpha value is -1.33. The van der Waals surface area contributed by atoms with Crippen LogP contribution in [0.1, 0.15) is 71.7 Å². The van der Waals surface area contributed by atoms with Crippen molar-refractivity contribution in [3.8, 4) is 11.5 Å². The van der Waals surface area contributed by atoms with E-state index in [1.165, 1.54) is 0 Å². The number of ketones is 1. The predicted octanol–water partition coefficient (Wildman–Crippen LogP) is 6.51. The first-order valence-corrected chi connectivity index (χ1v) is 11.6. The molecule has 132 valence electrons. The highest BCUT2D eigenvalue weighted by Crippen LogP contribution is 2.40. The Morgan fingerprint density at radius 1 is 0.958 bits per heavy atom. The van der Waals surface area contributed by atoms with E-state index in [9.17, 15) is 4.79 Å². The van der Waals surface area contributed by atoms with Gasteiger partial charge < -0.3 is 0 Å². The molecule has 2 heteroatoms. The lowest BCUT2D eigenvalue weighted by atomic mass is 9.97. The van der Waals surface area contributed by atoms with E-state index >= 15 is 0 Å². The topological polar surface area (TPSA) is 17.1 Å². The summed E-state index contributed by atoms with van der Waals surface area (Å²) in [7, 11) is -1.71. The Kier molecular flexibility index (Phi) is 7.96. The minimum absolute atomic E-state index is 0.167. The molecular weight excluding hydrogens is 308 g/mol. The smallest absolute Gasteiger partial charge is 0.164 e. The molecule has 0 aliphatic carbocycles. The van der Waals surface area contributed by atoms with Crippen molar-refractivity contribution in [3.63, 3.8) is 0 Å². The van der Waals surface area contributed by atoms with E-state index in [2.05, 4.69) is 59.9 Å². The first kappa shape index (κ1) is 20.7. The van der Waals surface area contributed by atoms with E-state index in [-0.39, 0.29) is 11.7 Å². The second-order valence-electron chi connectivity index (χ2n) is 7.76. The minimum Gasteiger partial charge on any atom is -0.294 e. The lowest BCUT2D eigenvalue weighted by molar-refractivity contribution is 0.0970. The van der Waals surface area contributed by atoms with Crippen molar-refractivity contribution in [2.75, 3.05) is 0 Å². The number of hydrogen-bond acceptors (Lipinski definition) is 1. The van der Waals surface area contributed by atoms with Gasteiger partial charge in [-0.3, -0.25) is 4.79 Å². The van der Waals surface area contributed by atoms with E-state index in [0.29, 0.717) is 23.0 Å². The lowest BCUT2D eigenvalue weighted by Crippen LogP contribution is -2.43. The van der Waals surface area contributed by atoms with Gasteiger partial charge in [0.05, 0.1) is 0 Å². The van der Waals surface area contributed by atoms with Crippen molar-refractivity contribution >= 4 is 13.9 Å². The lowest BCUT2D eigenvalue weighted by Gasteiger charge is -2.38. The first-order chi connectivity index (χ1) is 11.3. The number of Topliss-reactive ketones (excluding diaryl/α,β-unsaturated/α-hetero) is 1. The summed E-state index contributed by atoms with van der Waals surface area (Å²) < 4.78 is 0. The van der Waals surface area contributed by atoms with Crippen molar-refractivity contribution in [3.05, 3.63) is 35.9 Å². The number of carbonyl (C=O) groups excluding carboxylic acids is 1. The number of hydrogen-bond donors (Lipinski definition) is 0. The zero-order valence-corrected chi connectivity index (χ0v) is 17.5. The van der Waals surface area contributed by atoms with Crippen LogP contribution in [0.25, 0.3) is 0 Å². The summed E-state index contributed by atoms with van der Waals surface area (Å²) in [4.78, 5) is 12.5. The molecule has 1 aromatic rings. The Morgan fingerprint density at radius 3 is 1.88 bits per heavy atom. The van der Waals surface area contributed by atoms with Crippen molar-refractivity contribution in [2.45, 2.75) is 77.9 Å². The van der Waals surface area contributed by atoms with Crippen molar-refractivity contribution in [1.29, 1.82) is 0 Å². The normalized spacial score (nSPS) is 13.1. The van der Waals surface area contributed by atoms with Crippen LogP contribution in [0.2, 0.25) is 16.6 Å². The van der Waals surface area contributed by atoms with E-state index in [1.807, 2.05) is 30.3 Å². The van der Waals surface area contributed by atoms with Crippen molar-refractivity contribution < 1.29 is 4.79 Å². The molecule has 0 aliphatic heterocycles. The molecule has 0 saturated heterocycles. The molecule has 1 atom stereocenters. The number of benzene rings is 1. The van der Waals surface area contributed by atoms with Gasteiger partial charge in [0.15, 0.2) is 5.78 Å². The van der Waals surface area contributed by atoms with Crippen LogP contribution in [0, 0.1) is 17.4 Å². The van der Waals surface area contributed by atoms with Crippen LogP contribution in [-0.4, -0.2) is 13.9 Å². The summed E-state index contributed by atoms with van der Waals surface area (Å²) in [6.45, 7) is 16.1. The average molecular weight is 343 g/mol. The van der Waals surface area contributed by atoms with Gasteiger partial charge in [-0.15, -0.1) is 11.5 Å². The maximum Gasteiger partial charge on any atom is 0.164 e. The van der Waals surface area contributed by atoms with Crippen LogP contribution in [-0.2, 0) is 0 Å². The highest BCUT2D eigenvalue weighted by atomic mass is 28.3. The summed E-state index contributed by atoms with van der Waals surface area (Å²) in [6, 6.07) is 9.60. The zero-order valence-electron chi connectivity index (χ0n) is 16.5. The van der Waals surface area contributed by atoms with Crippen molar-refractivity contribution in [1.82, 2.24) is 0 Å². The predicted molar refractivity (Wildman–Crippen MR) is 108 cm³/mol. The van der Waals surface area contributed by atoms with Gasteiger partial charge in [0.1, 0.15) is 8.07 Å². The van der Waals surface area contributed by atoms with E-state index in [0.717, 1.165) is 12.0 Å². The van der Waals surface area contributed by atoms with Gasteiger partial charge in [-0.2, -0.15) is 0 Å². The number of rotatable bonds is 7. The van der Waals surface area contributed by atoms with Gasteiger partial charge >= 0.3 is 0 Å². The largest absolute Gasteiger partial charge is 0.294 e. The summed E-state index contributed by atoms with van der Waals surface area (Å²) in [5, 5.41) is 0. The molecule has 1 nitrogen and oxygen atoms in total. The summed E-state index contributed by atoms with van der Waals surface area (Å²) in [6.07, 6.45) is 1.47. The van der Waals surface area contributed by atoms with Gasteiger partial charge in [-0.25, -0.2) is 0 Å². The third kappa shape index (κ3) is 4.83. The molecule has 0 amide bonds. The van der Waals surface area contributed by atoms with Crippen LogP contribution in [0.15, 0.2) is 30.3 Å². The van der Waals surface area contributed by atoms with E-state index in [4.69, 9.17) is 0 Å². The fourth-order valence-corrected chi connectivity index (χ4v) is 9.24. The fourth-order valence-electron chi connectivity index (χ4n) is 3.92. The van der Waals surface area contributed by atoms with Gasteiger partial charge in [-0.05, 0) is 23.0 Å². The van der Waals surface area contributed by atoms with E-state index < -0.39 is 8.07 Å². The molecule has 0 unspecified atom stereocenters. The molecule has 0 heterocycles. The first-order valence-electron chi connectivity index (χ1n) is 9.36. The standard InChI is InChI=1S/C22H34OSi/c1-8-20(16-22(23)21-12-10-9-11-13-21)14-15-24(17(2)3,18(4)5)19(6)7/h9-13,17-20H,8,16H2,1-7H3/t20-/m0/s1. The molecule has 0 fully saturated rings. The SMILES string of the molecule is CC[C@@H](C#C[Si](C(C)C)(C(C)C)C(C)C)CC(=O)c1ccccc1. The molecule has 0 aromatic heterocycles. The van der Waals surface area contributed by atoms with Gasteiger partial charge in [0, 0.05) is 17.9 Å². The zero-order chi connectivity index (χ0) is 18.3. The van der Waals surface area contributed by atoms with Gasteiger partial charge in [0.2, 0.25) is 0 Å². The second kappa shape index (κ2) is 9.23. The van der Waals surface area contributed by atoms with Crippen LogP contribution < -0.4 is 0 Å². The summed E-state index contributed by atoms with van der Waals surface area (Å²) in [5.41, 5.74) is 6.48. The van der Waals surface area contributed by atoms with Crippen LogP contribution in [0.3, 0.4) is 0 Å². The van der Waals surface area contributed by atoms with Crippen LogP contribution >= 0.6 is 0 Å². The maximum absolute atomic E-state index is 12.5. The molecule has 0 saturated carbocycles. The molecule has 0 bridgehead atoms. The molecule has 1 aromatic carbocycles. The highest BCUT2D eigenvalue weighted by molar-refractivity contribution is 6.90. The second-order valence-corrected chi connectivity index (χ2v) is 13.3. The number of carbonyl (C=O) groups is 1. The quantitative estimate of drug-likeness (QED) is 0.314. The summed E-state index contributed by atoms with van der Waals surface area (Å²) in [5.74, 6) is 3.92. The monoisotopic (exact) mass is 342 g/mol.